The van der Waals surface area contributed by atoms with E-state index in [0.29, 0.717) is 11.1 Å². The van der Waals surface area contributed by atoms with E-state index in [4.69, 9.17) is 0 Å². The van der Waals surface area contributed by atoms with Gasteiger partial charge in [-0.2, -0.15) is 0 Å². The van der Waals surface area contributed by atoms with Crippen molar-refractivity contribution in [2.75, 3.05) is 0 Å². The fourth-order valence-electron chi connectivity index (χ4n) is 3.31. The van der Waals surface area contributed by atoms with Gasteiger partial charge in [0.2, 0.25) is 0 Å². The van der Waals surface area contributed by atoms with Crippen LogP contribution in [0, 0.1) is 35.3 Å². The van der Waals surface area contributed by atoms with Crippen molar-refractivity contribution < 1.29 is 8.78 Å². The predicted molar refractivity (Wildman–Crippen MR) is 128 cm³/mol. The number of halogens is 2. The minimum absolute atomic E-state index is 0.193. The summed E-state index contributed by atoms with van der Waals surface area (Å²) >= 11 is 0. The number of hydrogen-bond donors (Lipinski definition) is 0. The molecule has 0 bridgehead atoms. The molecule has 0 amide bonds. The highest BCUT2D eigenvalue weighted by Gasteiger charge is 2.03. The molecule has 0 fully saturated rings. The van der Waals surface area contributed by atoms with Gasteiger partial charge in [0.05, 0.1) is 5.56 Å². The minimum Gasteiger partial charge on any atom is -0.207 e. The lowest BCUT2D eigenvalue weighted by Gasteiger charge is -2.02. The maximum absolute atomic E-state index is 14.3. The molecule has 0 aliphatic heterocycles. The van der Waals surface area contributed by atoms with Crippen LogP contribution in [0.1, 0.15) is 72.9 Å². The Balaban J connectivity index is 1.67. The molecule has 0 atom stereocenters. The molecule has 2 heteroatoms. The van der Waals surface area contributed by atoms with E-state index in [9.17, 15) is 8.78 Å². The molecule has 32 heavy (non-hydrogen) atoms. The lowest BCUT2D eigenvalue weighted by Crippen LogP contribution is -1.91. The SMILES string of the molecule is CCCCc1ccc(C#Cc2ccc(C#Cc3ccc(CCCC)c(F)c3)cc2)c(F)c1. The van der Waals surface area contributed by atoms with Crippen molar-refractivity contribution in [3.05, 3.63) is 106 Å². The highest BCUT2D eigenvalue weighted by molar-refractivity contribution is 5.48. The van der Waals surface area contributed by atoms with E-state index in [1.54, 1.807) is 12.1 Å². The molecule has 3 aromatic carbocycles. The topological polar surface area (TPSA) is 0 Å². The smallest absolute Gasteiger partial charge is 0.139 e. The van der Waals surface area contributed by atoms with Crippen molar-refractivity contribution >= 4 is 0 Å². The average Bonchev–Trinajstić information content (AvgIpc) is 2.81. The minimum atomic E-state index is -0.276. The van der Waals surface area contributed by atoms with Crippen LogP contribution < -0.4 is 0 Å². The molecule has 0 saturated heterocycles. The molecule has 0 aromatic heterocycles. The summed E-state index contributed by atoms with van der Waals surface area (Å²) in [6, 6.07) is 17.9. The molecule has 3 rings (SSSR count). The molecule has 0 radical (unpaired) electrons. The molecule has 0 saturated carbocycles. The number of benzene rings is 3. The summed E-state index contributed by atoms with van der Waals surface area (Å²) in [7, 11) is 0. The first kappa shape index (κ1) is 23.3. The lowest BCUT2D eigenvalue weighted by atomic mass is 10.0. The Labute approximate surface area is 190 Å². The van der Waals surface area contributed by atoms with Crippen molar-refractivity contribution in [1.82, 2.24) is 0 Å². The van der Waals surface area contributed by atoms with Gasteiger partial charge in [0.15, 0.2) is 0 Å². The second kappa shape index (κ2) is 11.9. The summed E-state index contributed by atoms with van der Waals surface area (Å²) in [6.07, 6.45) is 5.81. The first-order chi connectivity index (χ1) is 15.6. The fourth-order valence-corrected chi connectivity index (χ4v) is 3.31. The number of aryl methyl sites for hydroxylation is 2. The van der Waals surface area contributed by atoms with Gasteiger partial charge in [0.1, 0.15) is 11.6 Å². The Morgan fingerprint density at radius 1 is 0.594 bits per heavy atom. The Kier molecular flexibility index (Phi) is 8.65. The van der Waals surface area contributed by atoms with Crippen LogP contribution in [0.25, 0.3) is 0 Å². The number of unbranched alkanes of at least 4 members (excludes halogenated alkanes) is 2. The molecule has 0 aliphatic carbocycles. The van der Waals surface area contributed by atoms with Crippen molar-refractivity contribution in [1.29, 1.82) is 0 Å². The van der Waals surface area contributed by atoms with Crippen molar-refractivity contribution in [3.63, 3.8) is 0 Å². The average molecular weight is 427 g/mol. The summed E-state index contributed by atoms with van der Waals surface area (Å²) in [5.74, 6) is 11.5. The van der Waals surface area contributed by atoms with Crippen LogP contribution in [0.2, 0.25) is 0 Å². The van der Waals surface area contributed by atoms with Gasteiger partial charge in [-0.25, -0.2) is 8.78 Å². The van der Waals surface area contributed by atoms with Gasteiger partial charge in [-0.3, -0.25) is 0 Å². The van der Waals surface area contributed by atoms with Crippen LogP contribution in [-0.2, 0) is 12.8 Å². The van der Waals surface area contributed by atoms with Crippen LogP contribution in [0.3, 0.4) is 0 Å². The van der Waals surface area contributed by atoms with E-state index in [1.165, 1.54) is 6.07 Å². The van der Waals surface area contributed by atoms with Crippen LogP contribution in [0.15, 0.2) is 60.7 Å². The molecule has 0 nitrogen and oxygen atoms in total. The summed E-state index contributed by atoms with van der Waals surface area (Å²) in [6.45, 7) is 4.22. The predicted octanol–water partition coefficient (Wildman–Crippen LogP) is 7.45. The van der Waals surface area contributed by atoms with Crippen molar-refractivity contribution in [2.45, 2.75) is 52.4 Å². The zero-order valence-corrected chi connectivity index (χ0v) is 18.8. The normalized spacial score (nSPS) is 10.1. The molecule has 162 valence electrons. The van der Waals surface area contributed by atoms with Gasteiger partial charge >= 0.3 is 0 Å². The van der Waals surface area contributed by atoms with Crippen LogP contribution in [-0.4, -0.2) is 0 Å². The quantitative estimate of drug-likeness (QED) is 0.359. The van der Waals surface area contributed by atoms with Crippen LogP contribution in [0.4, 0.5) is 8.78 Å². The maximum Gasteiger partial charge on any atom is 0.139 e. The molecule has 0 heterocycles. The van der Waals surface area contributed by atoms with Gasteiger partial charge in [-0.05, 0) is 85.3 Å². The van der Waals surface area contributed by atoms with E-state index in [-0.39, 0.29) is 11.6 Å². The molecule has 0 N–H and O–H groups in total. The van der Waals surface area contributed by atoms with E-state index in [2.05, 4.69) is 37.5 Å². The second-order valence-electron chi connectivity index (χ2n) is 7.90. The van der Waals surface area contributed by atoms with E-state index >= 15 is 0 Å². The zero-order chi connectivity index (χ0) is 22.8. The van der Waals surface area contributed by atoms with Gasteiger partial charge in [-0.15, -0.1) is 0 Å². The molecular formula is C30H28F2. The first-order valence-electron chi connectivity index (χ1n) is 11.3. The lowest BCUT2D eigenvalue weighted by molar-refractivity contribution is 0.603. The third-order valence-corrected chi connectivity index (χ3v) is 5.28. The standard InChI is InChI=1S/C30H28F2/c1-3-5-7-25-16-20-28(30(32)21-25)18-15-24-11-9-23(10-12-24)13-14-26-17-19-27(8-6-4-2)29(31)22-26/h9-12,16-17,19-22H,3-8H2,1-2H3. The second-order valence-corrected chi connectivity index (χ2v) is 7.90. The Morgan fingerprint density at radius 3 is 1.81 bits per heavy atom. The van der Waals surface area contributed by atoms with Gasteiger partial charge in [0, 0.05) is 16.7 Å². The largest absolute Gasteiger partial charge is 0.207 e. The zero-order valence-electron chi connectivity index (χ0n) is 18.8. The number of rotatable bonds is 6. The summed E-state index contributed by atoms with van der Waals surface area (Å²) in [4.78, 5) is 0. The van der Waals surface area contributed by atoms with Gasteiger partial charge in [0.25, 0.3) is 0 Å². The monoisotopic (exact) mass is 426 g/mol. The maximum atomic E-state index is 14.3. The Hall–Kier alpha value is -3.36. The summed E-state index contributed by atoms with van der Waals surface area (Å²) in [5.41, 5.74) is 4.41. The molecular weight excluding hydrogens is 398 g/mol. The summed E-state index contributed by atoms with van der Waals surface area (Å²) in [5, 5.41) is 0. The van der Waals surface area contributed by atoms with Gasteiger partial charge in [-0.1, -0.05) is 62.5 Å². The van der Waals surface area contributed by atoms with E-state index in [1.807, 2.05) is 42.5 Å². The highest BCUT2D eigenvalue weighted by Crippen LogP contribution is 2.14. The van der Waals surface area contributed by atoms with Crippen LogP contribution >= 0.6 is 0 Å². The fraction of sp³-hybridized carbons (Fsp3) is 0.267. The first-order valence-corrected chi connectivity index (χ1v) is 11.3. The van der Waals surface area contributed by atoms with Crippen molar-refractivity contribution in [2.24, 2.45) is 0 Å². The number of hydrogen-bond acceptors (Lipinski definition) is 0. The molecule has 0 spiro atoms. The van der Waals surface area contributed by atoms with E-state index in [0.717, 1.165) is 60.8 Å². The summed E-state index contributed by atoms with van der Waals surface area (Å²) < 4.78 is 28.4. The third kappa shape index (κ3) is 6.83. The van der Waals surface area contributed by atoms with Gasteiger partial charge < -0.3 is 0 Å². The third-order valence-electron chi connectivity index (χ3n) is 5.28. The Bertz CT molecular complexity index is 1170. The highest BCUT2D eigenvalue weighted by atomic mass is 19.1. The van der Waals surface area contributed by atoms with Crippen molar-refractivity contribution in [3.8, 4) is 23.7 Å². The molecule has 3 aromatic rings. The Morgan fingerprint density at radius 2 is 1.19 bits per heavy atom. The van der Waals surface area contributed by atoms with E-state index < -0.39 is 0 Å². The molecule has 0 unspecified atom stereocenters. The molecule has 0 aliphatic rings. The van der Waals surface area contributed by atoms with Crippen LogP contribution in [0.5, 0.6) is 0 Å².